The molecule has 21 heavy (non-hydrogen) atoms. The predicted molar refractivity (Wildman–Crippen MR) is 82.7 cm³/mol. The van der Waals surface area contributed by atoms with Gasteiger partial charge in [0.15, 0.2) is 0 Å². The van der Waals surface area contributed by atoms with Crippen LogP contribution in [0.15, 0.2) is 18.2 Å². The minimum absolute atomic E-state index is 0.175. The van der Waals surface area contributed by atoms with Crippen molar-refractivity contribution < 1.29 is 19.4 Å². The molecule has 7 heteroatoms. The zero-order chi connectivity index (χ0) is 15.7. The second kappa shape index (κ2) is 9.28. The zero-order valence-corrected chi connectivity index (χ0v) is 13.0. The fourth-order valence-corrected chi connectivity index (χ4v) is 2.22. The van der Waals surface area contributed by atoms with Crippen LogP contribution in [0.3, 0.4) is 0 Å². The van der Waals surface area contributed by atoms with Crippen LogP contribution in [0.1, 0.15) is 14.5 Å². The number of hydrogen-bond donors (Lipinski definition) is 2. The van der Waals surface area contributed by atoms with Crippen molar-refractivity contribution in [1.82, 2.24) is 10.2 Å². The van der Waals surface area contributed by atoms with Gasteiger partial charge in [0.05, 0.1) is 18.1 Å². The van der Waals surface area contributed by atoms with Gasteiger partial charge in [-0.1, -0.05) is 0 Å². The summed E-state index contributed by atoms with van der Waals surface area (Å²) in [6.07, 6.45) is 2.51. The summed E-state index contributed by atoms with van der Waals surface area (Å²) in [5.41, 5.74) is 0. The van der Waals surface area contributed by atoms with E-state index in [1.807, 2.05) is 19.0 Å². The Morgan fingerprint density at radius 1 is 1.38 bits per heavy atom. The minimum atomic E-state index is -1.01. The summed E-state index contributed by atoms with van der Waals surface area (Å²) in [5, 5.41) is 11.3. The van der Waals surface area contributed by atoms with Crippen molar-refractivity contribution >= 4 is 29.3 Å². The molecule has 0 unspecified atom stereocenters. The second-order valence-electron chi connectivity index (χ2n) is 4.55. The summed E-state index contributed by atoms with van der Waals surface area (Å²) < 4.78 is 5.37. The van der Waals surface area contributed by atoms with Crippen LogP contribution in [0.2, 0.25) is 0 Å². The van der Waals surface area contributed by atoms with E-state index in [9.17, 15) is 9.59 Å². The van der Waals surface area contributed by atoms with Gasteiger partial charge in [0.2, 0.25) is 0 Å². The third-order valence-electron chi connectivity index (χ3n) is 2.46. The molecule has 1 amide bonds. The number of carboxylic acid groups (broad SMARTS) is 1. The summed E-state index contributed by atoms with van der Waals surface area (Å²) in [5.74, 6) is -1.18. The highest BCUT2D eigenvalue weighted by atomic mass is 32.1. The predicted octanol–water partition coefficient (Wildman–Crippen LogP) is 1.15. The lowest BCUT2D eigenvalue weighted by Crippen LogP contribution is -2.27. The molecular weight excluding hydrogens is 292 g/mol. The number of nitrogens with zero attached hydrogens (tertiary/aromatic N) is 1. The Hall–Kier alpha value is -1.70. The van der Waals surface area contributed by atoms with Gasteiger partial charge in [-0.3, -0.25) is 4.79 Å². The van der Waals surface area contributed by atoms with Crippen LogP contribution >= 0.6 is 11.3 Å². The molecule has 2 N–H and O–H groups in total. The quantitative estimate of drug-likeness (QED) is 0.528. The maximum absolute atomic E-state index is 11.8. The number of aliphatic carboxylic acids is 1. The first-order valence-electron chi connectivity index (χ1n) is 6.50. The number of nitrogens with one attached hydrogen (secondary N) is 1. The standard InChI is InChI=1S/C14H20N2O4S/c1-16(2)8-10-20-9-7-15-14(19)12-5-3-11(21-12)4-6-13(17)18/h3-6H,7-10H2,1-2H3,(H,15,19)(H,17,18)/b6-4+. The number of carbonyl (C=O) groups excluding carboxylic acids is 1. The summed E-state index contributed by atoms with van der Waals surface area (Å²) >= 11 is 1.25. The topological polar surface area (TPSA) is 78.9 Å². The van der Waals surface area contributed by atoms with Crippen LogP contribution in [0.4, 0.5) is 0 Å². The summed E-state index contributed by atoms with van der Waals surface area (Å²) in [6, 6.07) is 3.39. The van der Waals surface area contributed by atoms with Crippen molar-refractivity contribution in [2.45, 2.75) is 0 Å². The number of amides is 1. The number of hydrogen-bond acceptors (Lipinski definition) is 5. The molecule has 1 aromatic heterocycles. The number of ether oxygens (including phenoxy) is 1. The molecule has 1 aromatic rings. The Bertz CT molecular complexity index is 497. The van der Waals surface area contributed by atoms with E-state index in [0.29, 0.717) is 24.6 Å². The van der Waals surface area contributed by atoms with Crippen LogP contribution < -0.4 is 5.32 Å². The molecule has 0 fully saturated rings. The highest BCUT2D eigenvalue weighted by molar-refractivity contribution is 7.14. The van der Waals surface area contributed by atoms with Crippen molar-refractivity contribution in [2.75, 3.05) is 40.4 Å². The van der Waals surface area contributed by atoms with E-state index >= 15 is 0 Å². The first-order chi connectivity index (χ1) is 9.99. The zero-order valence-electron chi connectivity index (χ0n) is 12.2. The number of thiophene rings is 1. The molecule has 0 radical (unpaired) electrons. The normalized spacial score (nSPS) is 11.2. The summed E-state index contributed by atoms with van der Waals surface area (Å²) in [6.45, 7) is 2.39. The van der Waals surface area contributed by atoms with Crippen molar-refractivity contribution in [3.63, 3.8) is 0 Å². The van der Waals surface area contributed by atoms with Crippen LogP contribution in [0.25, 0.3) is 6.08 Å². The Kier molecular flexibility index (Phi) is 7.66. The fourth-order valence-electron chi connectivity index (χ4n) is 1.39. The smallest absolute Gasteiger partial charge is 0.328 e. The molecule has 1 rings (SSSR count). The molecule has 0 aliphatic heterocycles. The number of carboxylic acids is 1. The molecular formula is C14H20N2O4S. The highest BCUT2D eigenvalue weighted by Crippen LogP contribution is 2.17. The first kappa shape index (κ1) is 17.4. The van der Waals surface area contributed by atoms with E-state index < -0.39 is 5.97 Å². The molecule has 1 heterocycles. The van der Waals surface area contributed by atoms with E-state index in [4.69, 9.17) is 9.84 Å². The monoisotopic (exact) mass is 312 g/mol. The van der Waals surface area contributed by atoms with Gasteiger partial charge in [-0.2, -0.15) is 0 Å². The van der Waals surface area contributed by atoms with Crippen LogP contribution in [-0.2, 0) is 9.53 Å². The Morgan fingerprint density at radius 3 is 2.81 bits per heavy atom. The first-order valence-corrected chi connectivity index (χ1v) is 7.32. The van der Waals surface area contributed by atoms with E-state index in [1.165, 1.54) is 17.4 Å². The second-order valence-corrected chi connectivity index (χ2v) is 5.66. The van der Waals surface area contributed by atoms with Crippen molar-refractivity contribution in [3.8, 4) is 0 Å². The Labute approximate surface area is 128 Å². The van der Waals surface area contributed by atoms with Crippen LogP contribution in [0.5, 0.6) is 0 Å². The van der Waals surface area contributed by atoms with Gasteiger partial charge in [0, 0.05) is 24.0 Å². The molecule has 6 nitrogen and oxygen atoms in total. The summed E-state index contributed by atoms with van der Waals surface area (Å²) in [7, 11) is 3.94. The average molecular weight is 312 g/mol. The lowest BCUT2D eigenvalue weighted by molar-refractivity contribution is -0.131. The molecule has 0 atom stereocenters. The van der Waals surface area contributed by atoms with Crippen LogP contribution in [-0.4, -0.2) is 62.3 Å². The van der Waals surface area contributed by atoms with Crippen LogP contribution in [0, 0.1) is 0 Å². The lowest BCUT2D eigenvalue weighted by Gasteiger charge is -2.09. The maximum Gasteiger partial charge on any atom is 0.328 e. The molecule has 0 spiro atoms. The average Bonchev–Trinajstić information content (AvgIpc) is 2.88. The maximum atomic E-state index is 11.8. The van der Waals surface area contributed by atoms with Gasteiger partial charge >= 0.3 is 5.97 Å². The van der Waals surface area contributed by atoms with Gasteiger partial charge in [0.25, 0.3) is 5.91 Å². The van der Waals surface area contributed by atoms with Gasteiger partial charge in [-0.25, -0.2) is 4.79 Å². The Balaban J connectivity index is 2.28. The fraction of sp³-hybridized carbons (Fsp3) is 0.429. The lowest BCUT2D eigenvalue weighted by atomic mass is 10.4. The van der Waals surface area contributed by atoms with E-state index in [1.54, 1.807) is 12.1 Å². The SMILES string of the molecule is CN(C)CCOCCNC(=O)c1ccc(/C=C/C(=O)O)s1. The molecule has 0 bridgehead atoms. The van der Waals surface area contributed by atoms with E-state index in [2.05, 4.69) is 5.32 Å². The molecule has 0 aliphatic rings. The van der Waals surface area contributed by atoms with Gasteiger partial charge in [-0.05, 0) is 32.3 Å². The largest absolute Gasteiger partial charge is 0.478 e. The Morgan fingerprint density at radius 2 is 2.14 bits per heavy atom. The molecule has 0 saturated carbocycles. The highest BCUT2D eigenvalue weighted by Gasteiger charge is 2.07. The van der Waals surface area contributed by atoms with Gasteiger partial charge in [-0.15, -0.1) is 11.3 Å². The number of likely N-dealkylation sites (N-methyl/N-ethyl adjacent to an activating group) is 1. The third-order valence-corrected chi connectivity index (χ3v) is 3.50. The van der Waals surface area contributed by atoms with Crippen molar-refractivity contribution in [2.24, 2.45) is 0 Å². The molecule has 0 aliphatic carbocycles. The third kappa shape index (κ3) is 7.60. The number of carbonyl (C=O) groups is 2. The molecule has 0 aromatic carbocycles. The van der Waals surface area contributed by atoms with Crippen molar-refractivity contribution in [1.29, 1.82) is 0 Å². The van der Waals surface area contributed by atoms with E-state index in [0.717, 1.165) is 17.5 Å². The van der Waals surface area contributed by atoms with Gasteiger partial charge < -0.3 is 20.1 Å². The van der Waals surface area contributed by atoms with Crippen molar-refractivity contribution in [3.05, 3.63) is 28.0 Å². The summed E-state index contributed by atoms with van der Waals surface area (Å²) in [4.78, 5) is 25.5. The molecule has 0 saturated heterocycles. The molecule has 116 valence electrons. The minimum Gasteiger partial charge on any atom is -0.478 e. The number of rotatable bonds is 9. The van der Waals surface area contributed by atoms with Gasteiger partial charge in [0.1, 0.15) is 0 Å². The van der Waals surface area contributed by atoms with E-state index in [-0.39, 0.29) is 5.91 Å².